The number of aromatic amines is 1. The summed E-state index contributed by atoms with van der Waals surface area (Å²) in [4.78, 5) is 20.8. The minimum Gasteiger partial charge on any atom is -0.480 e. The van der Waals surface area contributed by atoms with Gasteiger partial charge in [-0.25, -0.2) is 0 Å². The molecule has 0 aliphatic rings. The zero-order valence-electron chi connectivity index (χ0n) is 5.89. The van der Waals surface area contributed by atoms with Crippen LogP contribution in [0.15, 0.2) is 12.3 Å². The van der Waals surface area contributed by atoms with Crippen LogP contribution < -0.4 is 0 Å². The second kappa shape index (κ2) is 3.04. The first-order chi connectivity index (χ1) is 5.63. The summed E-state index contributed by atoms with van der Waals surface area (Å²) in [5.41, 5.74) is 0.0648. The summed E-state index contributed by atoms with van der Waals surface area (Å²) in [7, 11) is 0. The molecule has 0 amide bonds. The number of aliphatic carboxylic acids is 2. The van der Waals surface area contributed by atoms with Gasteiger partial charge in [0.15, 0.2) is 5.92 Å². The molecule has 0 unspecified atom stereocenters. The van der Waals surface area contributed by atoms with E-state index in [1.54, 1.807) is 0 Å². The van der Waals surface area contributed by atoms with Gasteiger partial charge in [-0.1, -0.05) is 0 Å². The molecule has 1 aromatic heterocycles. The van der Waals surface area contributed by atoms with Gasteiger partial charge in [0.05, 0.1) is 5.69 Å². The first-order valence-electron chi connectivity index (χ1n) is 3.08. The summed E-state index contributed by atoms with van der Waals surface area (Å²) in [5, 5.41) is 22.7. The first kappa shape index (κ1) is 8.25. The molecule has 64 valence electrons. The van der Waals surface area contributed by atoms with Crippen molar-refractivity contribution >= 4 is 11.9 Å². The van der Waals surface area contributed by atoms with Gasteiger partial charge in [0.2, 0.25) is 0 Å². The lowest BCUT2D eigenvalue weighted by Gasteiger charge is -2.02. The molecule has 0 aliphatic carbocycles. The summed E-state index contributed by atoms with van der Waals surface area (Å²) in [6, 6.07) is 1.31. The van der Waals surface area contributed by atoms with Crippen molar-refractivity contribution in [2.75, 3.05) is 0 Å². The van der Waals surface area contributed by atoms with Crippen molar-refractivity contribution < 1.29 is 19.8 Å². The number of rotatable bonds is 3. The Morgan fingerprint density at radius 2 is 2.00 bits per heavy atom. The van der Waals surface area contributed by atoms with Crippen molar-refractivity contribution in [1.82, 2.24) is 10.2 Å². The minimum absolute atomic E-state index is 0.0648. The first-order valence-corrected chi connectivity index (χ1v) is 3.08. The quantitative estimate of drug-likeness (QED) is 0.538. The highest BCUT2D eigenvalue weighted by molar-refractivity contribution is 5.98. The van der Waals surface area contributed by atoms with Crippen LogP contribution in [0.4, 0.5) is 0 Å². The van der Waals surface area contributed by atoms with Crippen LogP contribution in [0, 0.1) is 0 Å². The third kappa shape index (κ3) is 1.42. The lowest BCUT2D eigenvalue weighted by atomic mass is 10.1. The number of H-pyrrole nitrogens is 1. The summed E-state index contributed by atoms with van der Waals surface area (Å²) < 4.78 is 0. The van der Waals surface area contributed by atoms with Gasteiger partial charge in [0, 0.05) is 6.20 Å². The minimum atomic E-state index is -1.56. The highest BCUT2D eigenvalue weighted by Crippen LogP contribution is 2.12. The number of nitrogens with one attached hydrogen (secondary N) is 1. The zero-order chi connectivity index (χ0) is 9.14. The lowest BCUT2D eigenvalue weighted by Crippen LogP contribution is -2.21. The zero-order valence-corrected chi connectivity index (χ0v) is 5.89. The van der Waals surface area contributed by atoms with Gasteiger partial charge in [-0.2, -0.15) is 5.10 Å². The van der Waals surface area contributed by atoms with Crippen molar-refractivity contribution in [3.05, 3.63) is 18.0 Å². The van der Waals surface area contributed by atoms with Crippen LogP contribution in [0.25, 0.3) is 0 Å². The molecule has 0 spiro atoms. The monoisotopic (exact) mass is 170 g/mol. The molecular formula is C6H6N2O4. The summed E-state index contributed by atoms with van der Waals surface area (Å²) in [5.74, 6) is -4.38. The van der Waals surface area contributed by atoms with E-state index in [2.05, 4.69) is 10.2 Å². The van der Waals surface area contributed by atoms with E-state index in [1.165, 1.54) is 12.3 Å². The number of carbonyl (C=O) groups is 2. The van der Waals surface area contributed by atoms with E-state index < -0.39 is 17.9 Å². The average Bonchev–Trinajstić information content (AvgIpc) is 2.37. The second-order valence-electron chi connectivity index (χ2n) is 2.12. The van der Waals surface area contributed by atoms with Crippen molar-refractivity contribution in [3.63, 3.8) is 0 Å². The highest BCUT2D eigenvalue weighted by Gasteiger charge is 2.28. The van der Waals surface area contributed by atoms with Crippen LogP contribution in [0.1, 0.15) is 11.6 Å². The predicted molar refractivity (Wildman–Crippen MR) is 36.6 cm³/mol. The molecule has 0 aromatic carbocycles. The van der Waals surface area contributed by atoms with E-state index in [0.29, 0.717) is 0 Å². The SMILES string of the molecule is O=C(O)C(C(=O)O)c1ccn[nH]1. The van der Waals surface area contributed by atoms with Crippen molar-refractivity contribution in [3.8, 4) is 0 Å². The normalized spacial score (nSPS) is 10.1. The van der Waals surface area contributed by atoms with E-state index in [4.69, 9.17) is 10.2 Å². The van der Waals surface area contributed by atoms with E-state index >= 15 is 0 Å². The maximum absolute atomic E-state index is 10.4. The number of hydrogen-bond acceptors (Lipinski definition) is 3. The smallest absolute Gasteiger partial charge is 0.324 e. The van der Waals surface area contributed by atoms with Gasteiger partial charge in [0.1, 0.15) is 0 Å². The molecule has 0 radical (unpaired) electrons. The van der Waals surface area contributed by atoms with Gasteiger partial charge in [-0.3, -0.25) is 14.7 Å². The maximum Gasteiger partial charge on any atom is 0.324 e. The van der Waals surface area contributed by atoms with E-state index in [-0.39, 0.29) is 5.69 Å². The summed E-state index contributed by atoms with van der Waals surface area (Å²) in [6.07, 6.45) is 1.30. The molecule has 0 fully saturated rings. The Labute approximate surface area is 66.8 Å². The van der Waals surface area contributed by atoms with Crippen LogP contribution in [-0.2, 0) is 9.59 Å². The number of aromatic nitrogens is 2. The molecule has 0 saturated carbocycles. The molecule has 1 aromatic rings. The molecule has 0 atom stereocenters. The van der Waals surface area contributed by atoms with Crippen LogP contribution in [0.5, 0.6) is 0 Å². The van der Waals surface area contributed by atoms with Gasteiger partial charge in [0.25, 0.3) is 0 Å². The number of carboxylic acids is 2. The fourth-order valence-corrected chi connectivity index (χ4v) is 0.799. The second-order valence-corrected chi connectivity index (χ2v) is 2.12. The van der Waals surface area contributed by atoms with Gasteiger partial charge >= 0.3 is 11.9 Å². The van der Waals surface area contributed by atoms with Gasteiger partial charge in [-0.05, 0) is 6.07 Å². The molecule has 12 heavy (non-hydrogen) atoms. The molecule has 1 rings (SSSR count). The Balaban J connectivity index is 2.96. The van der Waals surface area contributed by atoms with Crippen LogP contribution in [0.3, 0.4) is 0 Å². The molecule has 0 aliphatic heterocycles. The molecular weight excluding hydrogens is 164 g/mol. The van der Waals surface area contributed by atoms with Crippen molar-refractivity contribution in [2.24, 2.45) is 0 Å². The maximum atomic E-state index is 10.4. The largest absolute Gasteiger partial charge is 0.480 e. The molecule has 6 nitrogen and oxygen atoms in total. The topological polar surface area (TPSA) is 103 Å². The molecule has 3 N–H and O–H groups in total. The van der Waals surface area contributed by atoms with Crippen LogP contribution >= 0.6 is 0 Å². The van der Waals surface area contributed by atoms with Crippen molar-refractivity contribution in [2.45, 2.75) is 5.92 Å². The average molecular weight is 170 g/mol. The standard InChI is InChI=1S/C6H6N2O4/c9-5(10)4(6(11)12)3-1-2-7-8-3/h1-2,4H,(H,7,8)(H,9,10)(H,11,12). The predicted octanol–water partition coefficient (Wildman–Crippen LogP) is -0.337. The Morgan fingerprint density at radius 3 is 2.33 bits per heavy atom. The lowest BCUT2D eigenvalue weighted by molar-refractivity contribution is -0.150. The van der Waals surface area contributed by atoms with E-state index in [9.17, 15) is 9.59 Å². The Kier molecular flexibility index (Phi) is 2.09. The van der Waals surface area contributed by atoms with E-state index in [1.807, 2.05) is 0 Å². The molecule has 0 saturated heterocycles. The third-order valence-corrected chi connectivity index (χ3v) is 1.33. The fourth-order valence-electron chi connectivity index (χ4n) is 0.799. The Morgan fingerprint density at radius 1 is 1.42 bits per heavy atom. The summed E-state index contributed by atoms with van der Waals surface area (Å²) >= 11 is 0. The van der Waals surface area contributed by atoms with Crippen LogP contribution in [0.2, 0.25) is 0 Å². The van der Waals surface area contributed by atoms with Gasteiger partial charge < -0.3 is 10.2 Å². The molecule has 1 heterocycles. The third-order valence-electron chi connectivity index (χ3n) is 1.33. The Hall–Kier alpha value is -1.85. The number of nitrogens with zero attached hydrogens (tertiary/aromatic N) is 1. The molecule has 0 bridgehead atoms. The van der Waals surface area contributed by atoms with Gasteiger partial charge in [-0.15, -0.1) is 0 Å². The number of hydrogen-bond donors (Lipinski definition) is 3. The van der Waals surface area contributed by atoms with Crippen LogP contribution in [-0.4, -0.2) is 32.3 Å². The van der Waals surface area contributed by atoms with Crippen molar-refractivity contribution in [1.29, 1.82) is 0 Å². The fraction of sp³-hybridized carbons (Fsp3) is 0.167. The molecule has 6 heteroatoms. The Bertz CT molecular complexity index is 279. The summed E-state index contributed by atoms with van der Waals surface area (Å²) in [6.45, 7) is 0. The van der Waals surface area contributed by atoms with E-state index in [0.717, 1.165) is 0 Å². The number of carboxylic acid groups (broad SMARTS) is 2. The highest BCUT2D eigenvalue weighted by atomic mass is 16.4.